The minimum atomic E-state index is 0.666. The Morgan fingerprint density at radius 3 is 1.29 bits per heavy atom. The summed E-state index contributed by atoms with van der Waals surface area (Å²) in [5.41, 5.74) is 13.7. The van der Waals surface area contributed by atoms with Crippen LogP contribution in [0.15, 0.2) is 219 Å². The molecule has 4 nitrogen and oxygen atoms in total. The van der Waals surface area contributed by atoms with Crippen LogP contribution in [-0.2, 0) is 0 Å². The quantitative estimate of drug-likeness (QED) is 0.158. The first-order valence-electron chi connectivity index (χ1n) is 20.9. The number of hydrogen-bond acceptors (Lipinski definition) is 4. The minimum absolute atomic E-state index is 0.666. The Kier molecular flexibility index (Phi) is 8.46. The van der Waals surface area contributed by atoms with Gasteiger partial charge in [-0.25, -0.2) is 9.97 Å². The zero-order valence-electron chi connectivity index (χ0n) is 33.6. The van der Waals surface area contributed by atoms with Crippen LogP contribution in [0.3, 0.4) is 0 Å². The van der Waals surface area contributed by atoms with E-state index in [0.717, 1.165) is 82.9 Å². The highest BCUT2D eigenvalue weighted by molar-refractivity contribution is 6.21. The fourth-order valence-electron chi connectivity index (χ4n) is 9.23. The second-order valence-electron chi connectivity index (χ2n) is 15.8. The van der Waals surface area contributed by atoms with Gasteiger partial charge >= 0.3 is 0 Å². The highest BCUT2D eigenvalue weighted by atomic mass is 14.9. The Labute approximate surface area is 358 Å². The summed E-state index contributed by atoms with van der Waals surface area (Å²) < 4.78 is 0. The number of benzene rings is 9. The van der Waals surface area contributed by atoms with Crippen LogP contribution in [0, 0.1) is 0 Å². The average molecular weight is 789 g/mol. The van der Waals surface area contributed by atoms with Crippen LogP contribution in [0.1, 0.15) is 0 Å². The number of rotatable bonds is 6. The molecule has 0 atom stereocenters. The molecule has 0 unspecified atom stereocenters. The van der Waals surface area contributed by atoms with E-state index in [1.165, 1.54) is 32.7 Å². The predicted octanol–water partition coefficient (Wildman–Crippen LogP) is 15.0. The first-order valence-corrected chi connectivity index (χ1v) is 20.9. The summed E-state index contributed by atoms with van der Waals surface area (Å²) in [5.74, 6) is 0.666. The second-order valence-corrected chi connectivity index (χ2v) is 15.8. The predicted molar refractivity (Wildman–Crippen MR) is 258 cm³/mol. The summed E-state index contributed by atoms with van der Waals surface area (Å²) in [6, 6.07) is 73.2. The van der Waals surface area contributed by atoms with Crippen molar-refractivity contribution >= 4 is 54.1 Å². The molecule has 0 saturated carbocycles. The Balaban J connectivity index is 1.06. The van der Waals surface area contributed by atoms with Gasteiger partial charge < -0.3 is 0 Å². The third-order valence-electron chi connectivity index (χ3n) is 12.2. The van der Waals surface area contributed by atoms with Gasteiger partial charge in [0.15, 0.2) is 5.82 Å². The lowest BCUT2D eigenvalue weighted by Gasteiger charge is -2.18. The molecule has 12 aromatic rings. The van der Waals surface area contributed by atoms with Crippen LogP contribution in [0.25, 0.3) is 121 Å². The van der Waals surface area contributed by atoms with Crippen molar-refractivity contribution in [2.75, 3.05) is 0 Å². The standard InChI is InChI=1S/C58H36N4/c1-2-12-42-35-43(30-21-37(42)11-1)56-48-15-3-5-17-50(48)57(51-18-6-4-16-49(51)56)55-36-54(40-26-22-38(23-27-40)44-31-33-59-52-19-9-7-13-46(44)52)61-58(62-55)41-28-24-39(25-29-41)45-32-34-60-53-20-10-8-14-47(45)53/h1-36H. The molecule has 9 aromatic carbocycles. The molecule has 0 amide bonds. The van der Waals surface area contributed by atoms with Crippen molar-refractivity contribution in [3.05, 3.63) is 219 Å². The monoisotopic (exact) mass is 788 g/mol. The lowest BCUT2D eigenvalue weighted by Crippen LogP contribution is -1.98. The van der Waals surface area contributed by atoms with E-state index in [9.17, 15) is 0 Å². The smallest absolute Gasteiger partial charge is 0.160 e. The highest BCUT2D eigenvalue weighted by Gasteiger charge is 2.20. The van der Waals surface area contributed by atoms with Gasteiger partial charge in [0, 0.05) is 39.9 Å². The molecule has 0 aliphatic heterocycles. The maximum absolute atomic E-state index is 5.47. The molecule has 0 bridgehead atoms. The summed E-state index contributed by atoms with van der Waals surface area (Å²) >= 11 is 0. The molecule has 3 heterocycles. The van der Waals surface area contributed by atoms with Crippen molar-refractivity contribution in [2.24, 2.45) is 0 Å². The third-order valence-corrected chi connectivity index (χ3v) is 12.2. The van der Waals surface area contributed by atoms with E-state index in [1.54, 1.807) is 0 Å². The number of pyridine rings is 2. The fourth-order valence-corrected chi connectivity index (χ4v) is 9.23. The second kappa shape index (κ2) is 14.7. The third kappa shape index (κ3) is 6.08. The van der Waals surface area contributed by atoms with Crippen LogP contribution >= 0.6 is 0 Å². The largest absolute Gasteiger partial charge is 0.256 e. The van der Waals surface area contributed by atoms with Crippen molar-refractivity contribution in [3.63, 3.8) is 0 Å². The van der Waals surface area contributed by atoms with E-state index in [0.29, 0.717) is 5.82 Å². The molecule has 0 aliphatic carbocycles. The maximum Gasteiger partial charge on any atom is 0.160 e. The average Bonchev–Trinajstić information content (AvgIpc) is 3.35. The van der Waals surface area contributed by atoms with Gasteiger partial charge in [-0.05, 0) is 102 Å². The van der Waals surface area contributed by atoms with E-state index in [2.05, 4.69) is 204 Å². The Morgan fingerprint density at radius 2 is 0.710 bits per heavy atom. The number of fused-ring (bicyclic) bond motifs is 5. The van der Waals surface area contributed by atoms with Crippen molar-refractivity contribution < 1.29 is 0 Å². The Bertz CT molecular complexity index is 3480. The van der Waals surface area contributed by atoms with Crippen molar-refractivity contribution in [1.29, 1.82) is 0 Å². The van der Waals surface area contributed by atoms with Crippen LogP contribution in [0.2, 0.25) is 0 Å². The van der Waals surface area contributed by atoms with Gasteiger partial charge in [-0.3, -0.25) is 9.97 Å². The Morgan fingerprint density at radius 1 is 0.274 bits per heavy atom. The van der Waals surface area contributed by atoms with Gasteiger partial charge in [0.25, 0.3) is 0 Å². The van der Waals surface area contributed by atoms with Crippen LogP contribution in [0.4, 0.5) is 0 Å². The number of aromatic nitrogens is 4. The first-order chi connectivity index (χ1) is 30.7. The molecule has 0 aliphatic rings. The summed E-state index contributed by atoms with van der Waals surface area (Å²) in [5, 5.41) is 9.35. The van der Waals surface area contributed by atoms with Gasteiger partial charge in [-0.2, -0.15) is 0 Å². The lowest BCUT2D eigenvalue weighted by molar-refractivity contribution is 1.19. The van der Waals surface area contributed by atoms with Crippen molar-refractivity contribution in [2.45, 2.75) is 0 Å². The normalized spacial score (nSPS) is 11.5. The molecule has 4 heteroatoms. The van der Waals surface area contributed by atoms with Gasteiger partial charge in [0.05, 0.1) is 22.4 Å². The molecular formula is C58H36N4. The van der Waals surface area contributed by atoms with Crippen molar-refractivity contribution in [3.8, 4) is 67.3 Å². The lowest BCUT2D eigenvalue weighted by atomic mass is 9.86. The fraction of sp³-hybridized carbons (Fsp3) is 0. The molecule has 0 spiro atoms. The molecule has 12 rings (SSSR count). The molecule has 3 aromatic heterocycles. The molecular weight excluding hydrogens is 753 g/mol. The summed E-state index contributed by atoms with van der Waals surface area (Å²) in [6.07, 6.45) is 3.77. The van der Waals surface area contributed by atoms with Crippen LogP contribution < -0.4 is 0 Å². The number of para-hydroxylation sites is 2. The van der Waals surface area contributed by atoms with Crippen LogP contribution in [-0.4, -0.2) is 19.9 Å². The van der Waals surface area contributed by atoms with Gasteiger partial charge in [0.2, 0.25) is 0 Å². The molecule has 288 valence electrons. The van der Waals surface area contributed by atoms with Crippen molar-refractivity contribution in [1.82, 2.24) is 19.9 Å². The number of nitrogens with zero attached hydrogens (tertiary/aromatic N) is 4. The van der Waals surface area contributed by atoms with E-state index >= 15 is 0 Å². The highest BCUT2D eigenvalue weighted by Crippen LogP contribution is 2.45. The topological polar surface area (TPSA) is 51.6 Å². The minimum Gasteiger partial charge on any atom is -0.256 e. The Hall–Kier alpha value is -8.34. The summed E-state index contributed by atoms with van der Waals surface area (Å²) in [6.45, 7) is 0. The van der Waals surface area contributed by atoms with Gasteiger partial charge in [0.1, 0.15) is 0 Å². The van der Waals surface area contributed by atoms with Gasteiger partial charge in [-0.15, -0.1) is 0 Å². The SMILES string of the molecule is c1ccc2cc(-c3c4ccccc4c(-c4cc(-c5ccc(-c6ccnc7ccccc67)cc5)nc(-c5ccc(-c6ccnc7ccccc67)cc5)n4)c4ccccc34)ccc2c1. The zero-order valence-corrected chi connectivity index (χ0v) is 33.6. The molecule has 0 N–H and O–H groups in total. The van der Waals surface area contributed by atoms with E-state index in [1.807, 2.05) is 24.5 Å². The molecule has 0 saturated heterocycles. The molecule has 0 radical (unpaired) electrons. The zero-order chi connectivity index (χ0) is 41.0. The number of hydrogen-bond donors (Lipinski definition) is 0. The van der Waals surface area contributed by atoms with E-state index in [4.69, 9.17) is 9.97 Å². The van der Waals surface area contributed by atoms with Gasteiger partial charge in [-0.1, -0.05) is 170 Å². The summed E-state index contributed by atoms with van der Waals surface area (Å²) in [4.78, 5) is 20.0. The maximum atomic E-state index is 5.47. The molecule has 62 heavy (non-hydrogen) atoms. The van der Waals surface area contributed by atoms with E-state index in [-0.39, 0.29) is 0 Å². The van der Waals surface area contributed by atoms with Crippen LogP contribution in [0.5, 0.6) is 0 Å². The van der Waals surface area contributed by atoms with E-state index < -0.39 is 0 Å². The molecule has 0 fully saturated rings. The first kappa shape index (κ1) is 35.6. The summed E-state index contributed by atoms with van der Waals surface area (Å²) in [7, 11) is 0.